The van der Waals surface area contributed by atoms with E-state index >= 15 is 0 Å². The van der Waals surface area contributed by atoms with Crippen LogP contribution in [0, 0.1) is 0 Å². The Kier molecular flexibility index (Phi) is 8.06. The summed E-state index contributed by atoms with van der Waals surface area (Å²) < 4.78 is 17.0. The number of hydrogen-bond acceptors (Lipinski definition) is 7. The van der Waals surface area contributed by atoms with E-state index in [9.17, 15) is 4.79 Å². The minimum Gasteiger partial charge on any atom is -0.492 e. The molecule has 9 heteroatoms. The Morgan fingerprint density at radius 3 is 2.44 bits per heavy atom. The summed E-state index contributed by atoms with van der Waals surface area (Å²) >= 11 is 7.27. The summed E-state index contributed by atoms with van der Waals surface area (Å²) in [7, 11) is 0. The number of amides is 1. The molecule has 4 aromatic rings. The number of carbonyl (C=O) groups excluding carboxylic acids is 1. The highest BCUT2D eigenvalue weighted by atomic mass is 35.5. The van der Waals surface area contributed by atoms with Gasteiger partial charge < -0.3 is 19.2 Å². The van der Waals surface area contributed by atoms with Crippen molar-refractivity contribution in [2.45, 2.75) is 24.0 Å². The van der Waals surface area contributed by atoms with Crippen molar-refractivity contribution in [2.24, 2.45) is 0 Å². The Balaban J connectivity index is 1.49. The second kappa shape index (κ2) is 11.6. The van der Waals surface area contributed by atoms with Gasteiger partial charge >= 0.3 is 0 Å². The van der Waals surface area contributed by atoms with Crippen LogP contribution in [0.2, 0.25) is 5.02 Å². The Labute approximate surface area is 206 Å². The molecule has 0 fully saturated rings. The summed E-state index contributed by atoms with van der Waals surface area (Å²) in [6.07, 6.45) is 0. The van der Waals surface area contributed by atoms with Gasteiger partial charge in [-0.3, -0.25) is 4.79 Å². The molecule has 1 atom stereocenters. The molecule has 4 rings (SSSR count). The molecule has 174 valence electrons. The van der Waals surface area contributed by atoms with E-state index in [4.69, 9.17) is 25.5 Å². The molecule has 0 aliphatic rings. The van der Waals surface area contributed by atoms with Crippen LogP contribution in [-0.2, 0) is 11.4 Å². The fraction of sp³-hybridized carbons (Fsp3) is 0.160. The van der Waals surface area contributed by atoms with Crippen LogP contribution in [0.4, 0.5) is 5.69 Å². The molecule has 3 aromatic carbocycles. The standard InChI is InChI=1S/C25H22ClN3O4S/c1-2-31-21-15-9-7-13-19(21)27-24(30)23(17-10-4-3-5-11-17)34-25-29-28-22(33-25)16-32-20-14-8-6-12-18(20)26/h3-15,23H,2,16H2,1H3,(H,27,30). The molecule has 0 bridgehead atoms. The van der Waals surface area contributed by atoms with Gasteiger partial charge in [0.05, 0.1) is 17.3 Å². The SMILES string of the molecule is CCOc1ccccc1NC(=O)C(Sc1nnc(COc2ccccc2Cl)o1)c1ccccc1. The van der Waals surface area contributed by atoms with Crippen molar-refractivity contribution in [2.75, 3.05) is 11.9 Å². The Morgan fingerprint density at radius 1 is 0.971 bits per heavy atom. The molecule has 7 nitrogen and oxygen atoms in total. The number of carbonyl (C=O) groups is 1. The van der Waals surface area contributed by atoms with Crippen molar-refractivity contribution in [3.8, 4) is 11.5 Å². The average Bonchev–Trinajstić information content (AvgIpc) is 3.31. The smallest absolute Gasteiger partial charge is 0.277 e. The van der Waals surface area contributed by atoms with Gasteiger partial charge in [-0.05, 0) is 48.5 Å². The first kappa shape index (κ1) is 23.7. The first-order valence-electron chi connectivity index (χ1n) is 10.6. The third-order valence-corrected chi connectivity index (χ3v) is 6.04. The first-order chi connectivity index (χ1) is 16.6. The first-order valence-corrected chi connectivity index (χ1v) is 11.8. The van der Waals surface area contributed by atoms with Crippen molar-refractivity contribution >= 4 is 35.0 Å². The highest BCUT2D eigenvalue weighted by Crippen LogP contribution is 2.36. The highest BCUT2D eigenvalue weighted by molar-refractivity contribution is 8.00. The molecule has 0 aliphatic heterocycles. The molecule has 34 heavy (non-hydrogen) atoms. The van der Waals surface area contributed by atoms with E-state index in [-0.39, 0.29) is 23.6 Å². The number of nitrogens with zero attached hydrogens (tertiary/aromatic N) is 2. The fourth-order valence-electron chi connectivity index (χ4n) is 3.10. The maximum absolute atomic E-state index is 13.3. The van der Waals surface area contributed by atoms with Gasteiger partial charge in [-0.25, -0.2) is 0 Å². The summed E-state index contributed by atoms with van der Waals surface area (Å²) in [6.45, 7) is 2.44. The molecule has 1 unspecified atom stereocenters. The zero-order valence-corrected chi connectivity index (χ0v) is 19.9. The van der Waals surface area contributed by atoms with Gasteiger partial charge in [0.2, 0.25) is 5.91 Å². The lowest BCUT2D eigenvalue weighted by molar-refractivity contribution is -0.115. The molecule has 0 radical (unpaired) electrons. The third-order valence-electron chi connectivity index (χ3n) is 4.64. The van der Waals surface area contributed by atoms with E-state index in [1.165, 1.54) is 0 Å². The maximum atomic E-state index is 13.3. The maximum Gasteiger partial charge on any atom is 0.277 e. The molecular formula is C25H22ClN3O4S. The number of para-hydroxylation sites is 3. The average molecular weight is 496 g/mol. The Hall–Kier alpha value is -3.49. The van der Waals surface area contributed by atoms with Crippen LogP contribution in [0.25, 0.3) is 0 Å². The van der Waals surface area contributed by atoms with E-state index in [0.29, 0.717) is 28.8 Å². The van der Waals surface area contributed by atoms with Crippen LogP contribution >= 0.6 is 23.4 Å². The van der Waals surface area contributed by atoms with E-state index in [1.807, 2.05) is 67.6 Å². The lowest BCUT2D eigenvalue weighted by atomic mass is 10.1. The molecule has 0 aliphatic carbocycles. The second-order valence-corrected chi connectivity index (χ2v) is 8.47. The molecule has 1 heterocycles. The van der Waals surface area contributed by atoms with Gasteiger partial charge in [0, 0.05) is 0 Å². The molecule has 0 saturated carbocycles. The van der Waals surface area contributed by atoms with Crippen molar-refractivity contribution < 1.29 is 18.7 Å². The summed E-state index contributed by atoms with van der Waals surface area (Å²) in [5.41, 5.74) is 1.39. The van der Waals surface area contributed by atoms with Gasteiger partial charge in [0.15, 0.2) is 6.61 Å². The van der Waals surface area contributed by atoms with Gasteiger partial charge in [-0.15, -0.1) is 10.2 Å². The number of hydrogen-bond donors (Lipinski definition) is 1. The largest absolute Gasteiger partial charge is 0.492 e. The number of ether oxygens (including phenoxy) is 2. The van der Waals surface area contributed by atoms with Crippen LogP contribution in [0.3, 0.4) is 0 Å². The predicted octanol–water partition coefficient (Wildman–Crippen LogP) is 6.17. The van der Waals surface area contributed by atoms with Crippen molar-refractivity contribution in [3.63, 3.8) is 0 Å². The van der Waals surface area contributed by atoms with Gasteiger partial charge in [-0.1, -0.05) is 66.2 Å². The van der Waals surface area contributed by atoms with Gasteiger partial charge in [0.1, 0.15) is 16.7 Å². The number of anilines is 1. The second-order valence-electron chi connectivity index (χ2n) is 7.01. The topological polar surface area (TPSA) is 86.5 Å². The number of benzene rings is 3. The predicted molar refractivity (Wildman–Crippen MR) is 131 cm³/mol. The molecule has 1 aromatic heterocycles. The number of thioether (sulfide) groups is 1. The lowest BCUT2D eigenvalue weighted by Crippen LogP contribution is -2.19. The summed E-state index contributed by atoms with van der Waals surface area (Å²) in [5.74, 6) is 1.16. The van der Waals surface area contributed by atoms with Crippen molar-refractivity contribution in [3.05, 3.63) is 95.3 Å². The van der Waals surface area contributed by atoms with Crippen molar-refractivity contribution in [1.82, 2.24) is 10.2 Å². The third kappa shape index (κ3) is 6.09. The summed E-state index contributed by atoms with van der Waals surface area (Å²) in [4.78, 5) is 13.3. The minimum absolute atomic E-state index is 0.0568. The molecule has 0 spiro atoms. The van der Waals surface area contributed by atoms with E-state index in [1.54, 1.807) is 18.2 Å². The number of aromatic nitrogens is 2. The monoisotopic (exact) mass is 495 g/mol. The number of nitrogens with one attached hydrogen (secondary N) is 1. The van der Waals surface area contributed by atoms with Crippen LogP contribution in [0.15, 0.2) is 88.5 Å². The summed E-state index contributed by atoms with van der Waals surface area (Å²) in [6, 6.07) is 23.8. The quantitative estimate of drug-likeness (QED) is 0.263. The van der Waals surface area contributed by atoms with E-state index in [2.05, 4.69) is 15.5 Å². The van der Waals surface area contributed by atoms with Crippen molar-refractivity contribution in [1.29, 1.82) is 0 Å². The lowest BCUT2D eigenvalue weighted by Gasteiger charge is -2.17. The van der Waals surface area contributed by atoms with Crippen LogP contribution < -0.4 is 14.8 Å². The van der Waals surface area contributed by atoms with Crippen LogP contribution in [0.1, 0.15) is 23.6 Å². The molecule has 0 saturated heterocycles. The van der Waals surface area contributed by atoms with E-state index in [0.717, 1.165) is 17.3 Å². The van der Waals surface area contributed by atoms with Gasteiger partial charge in [0.25, 0.3) is 11.1 Å². The Bertz CT molecular complexity index is 1240. The van der Waals surface area contributed by atoms with Crippen LogP contribution in [-0.4, -0.2) is 22.7 Å². The minimum atomic E-state index is -0.631. The highest BCUT2D eigenvalue weighted by Gasteiger charge is 2.26. The van der Waals surface area contributed by atoms with Gasteiger partial charge in [-0.2, -0.15) is 0 Å². The Morgan fingerprint density at radius 2 is 1.68 bits per heavy atom. The zero-order valence-electron chi connectivity index (χ0n) is 18.3. The molecule has 1 N–H and O–H groups in total. The normalized spacial score (nSPS) is 11.6. The summed E-state index contributed by atoms with van der Waals surface area (Å²) in [5, 5.41) is 11.2. The molecule has 1 amide bonds. The molecular weight excluding hydrogens is 474 g/mol. The number of halogens is 1. The van der Waals surface area contributed by atoms with E-state index < -0.39 is 5.25 Å². The number of rotatable bonds is 10. The zero-order chi connectivity index (χ0) is 23.8. The fourth-order valence-corrected chi connectivity index (χ4v) is 4.18. The van der Waals surface area contributed by atoms with Crippen LogP contribution in [0.5, 0.6) is 11.5 Å².